The van der Waals surface area contributed by atoms with Gasteiger partial charge in [-0.1, -0.05) is 34.6 Å². The maximum absolute atomic E-state index is 9.56. The summed E-state index contributed by atoms with van der Waals surface area (Å²) in [7, 11) is 0. The molecule has 3 aromatic heterocycles. The van der Waals surface area contributed by atoms with Gasteiger partial charge in [0.25, 0.3) is 0 Å². The molecule has 0 saturated heterocycles. The number of aliphatic hydroxyl groups excluding tert-OH is 1. The minimum atomic E-state index is 0.0282. The summed E-state index contributed by atoms with van der Waals surface area (Å²) >= 11 is 0. The van der Waals surface area contributed by atoms with Crippen molar-refractivity contribution in [3.05, 3.63) is 34.8 Å². The molecule has 0 unspecified atom stereocenters. The summed E-state index contributed by atoms with van der Waals surface area (Å²) in [5.74, 6) is 0.773. The summed E-state index contributed by atoms with van der Waals surface area (Å²) in [6, 6.07) is 4.13. The molecule has 0 bridgehead atoms. The Balaban J connectivity index is 0.000000914. The van der Waals surface area contributed by atoms with Crippen molar-refractivity contribution in [2.45, 2.75) is 73.8 Å². The molecule has 33 heavy (non-hydrogen) atoms. The van der Waals surface area contributed by atoms with Crippen molar-refractivity contribution in [3.63, 3.8) is 0 Å². The molecule has 0 atom stereocenters. The van der Waals surface area contributed by atoms with E-state index in [1.165, 1.54) is 0 Å². The van der Waals surface area contributed by atoms with Gasteiger partial charge in [0.2, 0.25) is 0 Å². The molecule has 0 radical (unpaired) electrons. The number of nitrogens with two attached hydrogens (primary N) is 1. The molecule has 0 aromatic carbocycles. The molecule has 9 nitrogen and oxygen atoms in total. The van der Waals surface area contributed by atoms with E-state index >= 15 is 0 Å². The van der Waals surface area contributed by atoms with Gasteiger partial charge in [-0.2, -0.15) is 20.0 Å². The fourth-order valence-corrected chi connectivity index (χ4v) is 3.69. The molecule has 180 valence electrons. The fourth-order valence-electron chi connectivity index (χ4n) is 3.69. The molecule has 0 amide bonds. The minimum Gasteiger partial charge on any atom is -0.396 e. The molecule has 3 heterocycles. The van der Waals surface area contributed by atoms with Crippen molar-refractivity contribution in [3.8, 4) is 6.07 Å². The number of nitriles is 1. The monoisotopic (exact) mass is 454 g/mol. The highest BCUT2D eigenvalue weighted by molar-refractivity contribution is 5.69. The van der Waals surface area contributed by atoms with E-state index in [1.807, 2.05) is 58.5 Å². The first-order chi connectivity index (χ1) is 16.0. The molecule has 1 aliphatic rings. The average Bonchev–Trinajstić information content (AvgIpc) is 3.35. The lowest BCUT2D eigenvalue weighted by Gasteiger charge is -2.11. The van der Waals surface area contributed by atoms with E-state index in [-0.39, 0.29) is 12.0 Å². The smallest absolute Gasteiger partial charge is 0.163 e. The molecule has 4 rings (SSSR count). The standard InChI is InChI=1S/C20H26N8O.2C2H6/c1-3-15-13(2)25-28-17(22)16(10-21)18(24-19(15)28)23-8-4-14-5-9-27(26-14)11-20(12-29)6-7-20;2*1-2/h5,9,29H,3-4,6-8,11-12,22H2,1-2H3,(H,23,24);2*1-2H3. The van der Waals surface area contributed by atoms with Gasteiger partial charge in [0.1, 0.15) is 23.3 Å². The normalized spacial score (nSPS) is 13.4. The number of rotatable bonds is 8. The van der Waals surface area contributed by atoms with Gasteiger partial charge >= 0.3 is 0 Å². The first-order valence-corrected chi connectivity index (χ1v) is 11.9. The van der Waals surface area contributed by atoms with E-state index in [0.29, 0.717) is 35.8 Å². The SMILES string of the molecule is CC.CC.CCc1c(C)nn2c(N)c(C#N)c(NCCc3ccn(CC4(CO)CC4)n3)nc12. The first-order valence-electron chi connectivity index (χ1n) is 11.9. The van der Waals surface area contributed by atoms with Crippen LogP contribution in [0.5, 0.6) is 0 Å². The van der Waals surface area contributed by atoms with Crippen molar-refractivity contribution in [2.75, 3.05) is 24.2 Å². The second-order valence-corrected chi connectivity index (χ2v) is 7.82. The van der Waals surface area contributed by atoms with Crippen LogP contribution in [-0.2, 0) is 19.4 Å². The van der Waals surface area contributed by atoms with Crippen molar-refractivity contribution in [1.29, 1.82) is 5.26 Å². The van der Waals surface area contributed by atoms with Gasteiger partial charge in [-0.05, 0) is 32.3 Å². The van der Waals surface area contributed by atoms with Crippen LogP contribution in [0.25, 0.3) is 5.65 Å². The minimum absolute atomic E-state index is 0.0282. The summed E-state index contributed by atoms with van der Waals surface area (Å²) in [4.78, 5) is 4.64. The number of hydrogen-bond acceptors (Lipinski definition) is 7. The number of nitrogens with zero attached hydrogens (tertiary/aromatic N) is 6. The molecule has 0 spiro atoms. The van der Waals surface area contributed by atoms with Crippen LogP contribution in [0.1, 0.15) is 70.0 Å². The van der Waals surface area contributed by atoms with Crippen molar-refractivity contribution < 1.29 is 5.11 Å². The van der Waals surface area contributed by atoms with Gasteiger partial charge in [0.15, 0.2) is 5.65 Å². The largest absolute Gasteiger partial charge is 0.396 e. The van der Waals surface area contributed by atoms with Gasteiger partial charge in [-0.3, -0.25) is 4.68 Å². The Kier molecular flexibility index (Phi) is 9.23. The van der Waals surface area contributed by atoms with E-state index < -0.39 is 0 Å². The topological polar surface area (TPSA) is 130 Å². The highest BCUT2D eigenvalue weighted by Gasteiger charge is 2.42. The summed E-state index contributed by atoms with van der Waals surface area (Å²) in [5.41, 5.74) is 10.1. The van der Waals surface area contributed by atoms with E-state index in [2.05, 4.69) is 26.6 Å². The van der Waals surface area contributed by atoms with Gasteiger partial charge < -0.3 is 16.2 Å². The second kappa shape index (κ2) is 11.7. The molecular formula is C24H38N8O. The molecule has 1 saturated carbocycles. The Morgan fingerprint density at radius 2 is 1.94 bits per heavy atom. The third kappa shape index (κ3) is 5.63. The van der Waals surface area contributed by atoms with Crippen LogP contribution < -0.4 is 11.1 Å². The summed E-state index contributed by atoms with van der Waals surface area (Å²) in [5, 5.41) is 31.3. The number of nitrogens with one attached hydrogen (secondary N) is 1. The third-order valence-corrected chi connectivity index (χ3v) is 5.72. The quantitative estimate of drug-likeness (QED) is 0.473. The average molecular weight is 455 g/mol. The van der Waals surface area contributed by atoms with Crippen LogP contribution in [0, 0.1) is 23.7 Å². The molecule has 3 aromatic rings. The molecular weight excluding hydrogens is 416 g/mol. The number of fused-ring (bicyclic) bond motifs is 1. The molecule has 1 aliphatic carbocycles. The molecule has 9 heteroatoms. The number of hydrogen-bond donors (Lipinski definition) is 3. The van der Waals surface area contributed by atoms with E-state index in [0.717, 1.165) is 42.8 Å². The van der Waals surface area contributed by atoms with E-state index in [4.69, 9.17) is 5.73 Å². The van der Waals surface area contributed by atoms with Crippen LogP contribution in [0.3, 0.4) is 0 Å². The number of aryl methyl sites for hydroxylation is 2. The van der Waals surface area contributed by atoms with Crippen LogP contribution in [-0.4, -0.2) is 42.6 Å². The fraction of sp³-hybridized carbons (Fsp3) is 0.583. The number of anilines is 2. The van der Waals surface area contributed by atoms with Gasteiger partial charge in [0.05, 0.1) is 18.0 Å². The van der Waals surface area contributed by atoms with E-state index in [9.17, 15) is 10.4 Å². The zero-order valence-corrected chi connectivity index (χ0v) is 20.8. The summed E-state index contributed by atoms with van der Waals surface area (Å²) in [6.07, 6.45) is 5.55. The lowest BCUT2D eigenvalue weighted by molar-refractivity contribution is 0.190. The number of aliphatic hydroxyl groups is 1. The van der Waals surface area contributed by atoms with Crippen LogP contribution >= 0.6 is 0 Å². The van der Waals surface area contributed by atoms with Gasteiger partial charge in [-0.15, -0.1) is 0 Å². The maximum Gasteiger partial charge on any atom is 0.163 e. The highest BCUT2D eigenvalue weighted by atomic mass is 16.3. The van der Waals surface area contributed by atoms with E-state index in [1.54, 1.807) is 4.52 Å². The van der Waals surface area contributed by atoms with Crippen molar-refractivity contribution in [2.24, 2.45) is 5.41 Å². The lowest BCUT2D eigenvalue weighted by Crippen LogP contribution is -2.16. The number of nitrogen functional groups attached to an aromatic ring is 1. The van der Waals surface area contributed by atoms with Crippen molar-refractivity contribution >= 4 is 17.3 Å². The van der Waals surface area contributed by atoms with Crippen molar-refractivity contribution in [1.82, 2.24) is 24.4 Å². The predicted octanol–water partition coefficient (Wildman–Crippen LogP) is 3.73. The predicted molar refractivity (Wildman–Crippen MR) is 132 cm³/mol. The van der Waals surface area contributed by atoms with Crippen LogP contribution in [0.2, 0.25) is 0 Å². The second-order valence-electron chi connectivity index (χ2n) is 7.82. The Morgan fingerprint density at radius 1 is 1.24 bits per heavy atom. The first kappa shape index (κ1) is 26.1. The summed E-state index contributed by atoms with van der Waals surface area (Å²) < 4.78 is 3.46. The van der Waals surface area contributed by atoms with Crippen LogP contribution in [0.15, 0.2) is 12.3 Å². The van der Waals surface area contributed by atoms with Gasteiger partial charge in [0, 0.05) is 36.7 Å². The Morgan fingerprint density at radius 3 is 2.52 bits per heavy atom. The Hall–Kier alpha value is -3.12. The Bertz CT molecular complexity index is 1090. The zero-order chi connectivity index (χ0) is 24.6. The highest BCUT2D eigenvalue weighted by Crippen LogP contribution is 2.46. The molecule has 1 fully saturated rings. The summed E-state index contributed by atoms with van der Waals surface area (Å²) in [6.45, 7) is 13.5. The maximum atomic E-state index is 9.56. The lowest BCUT2D eigenvalue weighted by atomic mass is 10.1. The van der Waals surface area contributed by atoms with Gasteiger partial charge in [-0.25, -0.2) is 4.98 Å². The molecule has 4 N–H and O–H groups in total. The Labute approximate surface area is 196 Å². The van der Waals surface area contributed by atoms with Crippen LogP contribution in [0.4, 0.5) is 11.6 Å². The zero-order valence-electron chi connectivity index (χ0n) is 20.8. The number of aromatic nitrogens is 5. The molecule has 0 aliphatic heterocycles. The third-order valence-electron chi connectivity index (χ3n) is 5.72.